The monoisotopic (exact) mass is 374 g/mol. The molecule has 8 nitrogen and oxygen atoms in total. The van der Waals surface area contributed by atoms with Crippen LogP contribution in [-0.4, -0.2) is 39.9 Å². The van der Waals surface area contributed by atoms with Crippen LogP contribution in [0, 0.1) is 0 Å². The first kappa shape index (κ1) is 19.9. The molecule has 8 heteroatoms. The fraction of sp³-hybridized carbons (Fsp3) is 0.263. The predicted molar refractivity (Wildman–Crippen MR) is 101 cm³/mol. The third-order valence-electron chi connectivity index (χ3n) is 3.57. The van der Waals surface area contributed by atoms with E-state index in [1.165, 1.54) is 21.3 Å². The van der Waals surface area contributed by atoms with Crippen molar-refractivity contribution in [1.82, 2.24) is 0 Å². The van der Waals surface area contributed by atoms with Gasteiger partial charge in [-0.25, -0.2) is 4.79 Å². The molecule has 0 spiro atoms. The van der Waals surface area contributed by atoms with E-state index in [4.69, 9.17) is 18.9 Å². The van der Waals surface area contributed by atoms with Gasteiger partial charge in [0.25, 0.3) is 5.91 Å². The lowest BCUT2D eigenvalue weighted by Crippen LogP contribution is -2.15. The molecule has 144 valence electrons. The molecular weight excluding hydrogens is 352 g/mol. The summed E-state index contributed by atoms with van der Waals surface area (Å²) in [5.41, 5.74) is 1.33. The van der Waals surface area contributed by atoms with Gasteiger partial charge in [-0.2, -0.15) is 0 Å². The lowest BCUT2D eigenvalue weighted by molar-refractivity contribution is 0.102. The minimum absolute atomic E-state index is 0.267. The number of rotatable bonds is 7. The molecule has 0 radical (unpaired) electrons. The zero-order chi connectivity index (χ0) is 19.8. The molecule has 0 aliphatic heterocycles. The molecule has 0 saturated carbocycles. The molecule has 2 aromatic rings. The average molecular weight is 374 g/mol. The average Bonchev–Trinajstić information content (AvgIpc) is 2.67. The number of anilines is 2. The van der Waals surface area contributed by atoms with Gasteiger partial charge in [-0.1, -0.05) is 6.07 Å². The second-order valence-electron chi connectivity index (χ2n) is 5.29. The Hall–Kier alpha value is -3.42. The predicted octanol–water partition coefficient (Wildman–Crippen LogP) is 3.53. The molecule has 2 rings (SSSR count). The Morgan fingerprint density at radius 2 is 1.48 bits per heavy atom. The summed E-state index contributed by atoms with van der Waals surface area (Å²) in [6.45, 7) is 1.98. The van der Waals surface area contributed by atoms with E-state index in [0.29, 0.717) is 34.2 Å². The van der Waals surface area contributed by atoms with E-state index in [9.17, 15) is 9.59 Å². The summed E-state index contributed by atoms with van der Waals surface area (Å²) in [4.78, 5) is 24.1. The highest BCUT2D eigenvalue weighted by Crippen LogP contribution is 2.38. The highest BCUT2D eigenvalue weighted by Gasteiger charge is 2.17. The van der Waals surface area contributed by atoms with Crippen LogP contribution in [0.15, 0.2) is 36.4 Å². The van der Waals surface area contributed by atoms with Crippen LogP contribution >= 0.6 is 0 Å². The minimum atomic E-state index is -0.564. The van der Waals surface area contributed by atoms with Gasteiger partial charge in [0.2, 0.25) is 5.75 Å². The van der Waals surface area contributed by atoms with Crippen molar-refractivity contribution in [1.29, 1.82) is 0 Å². The van der Waals surface area contributed by atoms with Crippen molar-refractivity contribution in [3.63, 3.8) is 0 Å². The van der Waals surface area contributed by atoms with E-state index in [1.807, 2.05) is 0 Å². The fourth-order valence-electron chi connectivity index (χ4n) is 2.38. The number of hydrogen-bond donors (Lipinski definition) is 2. The lowest BCUT2D eigenvalue weighted by atomic mass is 10.1. The highest BCUT2D eigenvalue weighted by molar-refractivity contribution is 6.05. The molecule has 0 aliphatic rings. The third kappa shape index (κ3) is 5.04. The number of carbonyl (C=O) groups is 2. The molecule has 0 bridgehead atoms. The number of hydrogen-bond acceptors (Lipinski definition) is 6. The van der Waals surface area contributed by atoms with E-state index < -0.39 is 6.09 Å². The first-order valence-electron chi connectivity index (χ1n) is 8.17. The van der Waals surface area contributed by atoms with Gasteiger partial charge in [0.1, 0.15) is 0 Å². The van der Waals surface area contributed by atoms with E-state index in [0.717, 1.165) is 0 Å². The van der Waals surface area contributed by atoms with Gasteiger partial charge in [-0.15, -0.1) is 0 Å². The first-order chi connectivity index (χ1) is 13.0. The molecule has 0 unspecified atom stereocenters. The Bertz CT molecular complexity index is 797. The van der Waals surface area contributed by atoms with Gasteiger partial charge in [-0.05, 0) is 37.3 Å². The van der Waals surface area contributed by atoms with Crippen molar-refractivity contribution in [3.8, 4) is 17.2 Å². The molecule has 27 heavy (non-hydrogen) atoms. The number of methoxy groups -OCH3 is 3. The van der Waals surface area contributed by atoms with E-state index in [1.54, 1.807) is 43.3 Å². The number of amides is 2. The zero-order valence-corrected chi connectivity index (χ0v) is 15.6. The summed E-state index contributed by atoms with van der Waals surface area (Å²) >= 11 is 0. The molecule has 0 heterocycles. The topological polar surface area (TPSA) is 95.1 Å². The summed E-state index contributed by atoms with van der Waals surface area (Å²) in [6, 6.07) is 9.81. The molecular formula is C19H22N2O6. The second-order valence-corrected chi connectivity index (χ2v) is 5.29. The van der Waals surface area contributed by atoms with Crippen LogP contribution in [0.25, 0.3) is 0 Å². The standard InChI is InChI=1S/C19H22N2O6/c1-5-27-19(23)21-14-8-6-7-13(11-14)20-18(22)12-9-15(24-2)17(26-4)16(10-12)25-3/h6-11H,5H2,1-4H3,(H,20,22)(H,21,23). The summed E-state index contributed by atoms with van der Waals surface area (Å²) in [7, 11) is 4.44. The SMILES string of the molecule is CCOC(=O)Nc1cccc(NC(=O)c2cc(OC)c(OC)c(OC)c2)c1. The van der Waals surface area contributed by atoms with Gasteiger partial charge in [0.05, 0.1) is 27.9 Å². The molecule has 0 aromatic heterocycles. The Morgan fingerprint density at radius 3 is 2.00 bits per heavy atom. The molecule has 2 N–H and O–H groups in total. The van der Waals surface area contributed by atoms with Crippen LogP contribution in [0.3, 0.4) is 0 Å². The summed E-state index contributed by atoms with van der Waals surface area (Å²) in [5, 5.41) is 5.34. The van der Waals surface area contributed by atoms with Crippen molar-refractivity contribution >= 4 is 23.4 Å². The highest BCUT2D eigenvalue weighted by atomic mass is 16.5. The van der Waals surface area contributed by atoms with Crippen molar-refractivity contribution in [3.05, 3.63) is 42.0 Å². The van der Waals surface area contributed by atoms with Crippen molar-refractivity contribution in [2.45, 2.75) is 6.92 Å². The van der Waals surface area contributed by atoms with Gasteiger partial charge in [-0.3, -0.25) is 10.1 Å². The van der Waals surface area contributed by atoms with Gasteiger partial charge in [0.15, 0.2) is 11.5 Å². The van der Waals surface area contributed by atoms with Gasteiger partial charge >= 0.3 is 6.09 Å². The van der Waals surface area contributed by atoms with Crippen molar-refractivity contribution in [2.24, 2.45) is 0 Å². The smallest absolute Gasteiger partial charge is 0.411 e. The minimum Gasteiger partial charge on any atom is -0.493 e. The third-order valence-corrected chi connectivity index (χ3v) is 3.57. The molecule has 0 fully saturated rings. The van der Waals surface area contributed by atoms with Crippen molar-refractivity contribution in [2.75, 3.05) is 38.6 Å². The molecule has 0 atom stereocenters. The largest absolute Gasteiger partial charge is 0.493 e. The Balaban J connectivity index is 2.21. The van der Waals surface area contributed by atoms with Gasteiger partial charge < -0.3 is 24.3 Å². The van der Waals surface area contributed by atoms with Crippen LogP contribution in [0.1, 0.15) is 17.3 Å². The van der Waals surface area contributed by atoms with E-state index in [2.05, 4.69) is 10.6 Å². The van der Waals surface area contributed by atoms with E-state index >= 15 is 0 Å². The number of ether oxygens (including phenoxy) is 4. The summed E-state index contributed by atoms with van der Waals surface area (Å²) in [6.07, 6.45) is -0.564. The second kappa shape index (κ2) is 9.33. The molecule has 0 saturated heterocycles. The number of benzene rings is 2. The van der Waals surface area contributed by atoms with Crippen LogP contribution in [0.5, 0.6) is 17.2 Å². The first-order valence-corrected chi connectivity index (χ1v) is 8.17. The molecule has 0 aliphatic carbocycles. The maximum Gasteiger partial charge on any atom is 0.411 e. The Morgan fingerprint density at radius 1 is 0.889 bits per heavy atom. The number of nitrogens with one attached hydrogen (secondary N) is 2. The maximum absolute atomic E-state index is 12.6. The lowest BCUT2D eigenvalue weighted by Gasteiger charge is -2.14. The Kier molecular flexibility index (Phi) is 6.87. The Labute approximate surface area is 157 Å². The van der Waals surface area contributed by atoms with Crippen LogP contribution < -0.4 is 24.8 Å². The van der Waals surface area contributed by atoms with Crippen molar-refractivity contribution < 1.29 is 28.5 Å². The summed E-state index contributed by atoms with van der Waals surface area (Å²) < 4.78 is 20.6. The zero-order valence-electron chi connectivity index (χ0n) is 15.6. The van der Waals surface area contributed by atoms with Crippen LogP contribution in [0.4, 0.5) is 16.2 Å². The quantitative estimate of drug-likeness (QED) is 0.770. The fourth-order valence-corrected chi connectivity index (χ4v) is 2.38. The maximum atomic E-state index is 12.6. The molecule has 2 amide bonds. The van der Waals surface area contributed by atoms with Gasteiger partial charge in [0, 0.05) is 16.9 Å². The van der Waals surface area contributed by atoms with E-state index in [-0.39, 0.29) is 12.5 Å². The van der Waals surface area contributed by atoms with Crippen LogP contribution in [-0.2, 0) is 4.74 Å². The number of carbonyl (C=O) groups excluding carboxylic acids is 2. The summed E-state index contributed by atoms with van der Waals surface area (Å²) in [5.74, 6) is 0.777. The normalized spacial score (nSPS) is 9.93. The van der Waals surface area contributed by atoms with Crippen LogP contribution in [0.2, 0.25) is 0 Å². The molecule has 2 aromatic carbocycles.